The molecule has 0 saturated carbocycles. The number of hydrogen-bond donors (Lipinski definition) is 0. The molecule has 2 aromatic rings. The molecule has 0 radical (unpaired) electrons. The SMILES string of the molecule is Cc1sc[n+](CC(=O)N2CCCCC2)c1C.Cc1sc[n+](CC(=O)N2CCCCC2)c1C.[Br-].[Br-]. The first-order valence-corrected chi connectivity index (χ1v) is 13.6. The van der Waals surface area contributed by atoms with E-state index in [1.54, 1.807) is 22.7 Å². The van der Waals surface area contributed by atoms with Crippen molar-refractivity contribution in [1.82, 2.24) is 9.80 Å². The summed E-state index contributed by atoms with van der Waals surface area (Å²) in [6, 6.07) is 0. The van der Waals surface area contributed by atoms with Crippen molar-refractivity contribution >= 4 is 34.5 Å². The van der Waals surface area contributed by atoms with Crippen LogP contribution in [0, 0.1) is 27.7 Å². The maximum Gasteiger partial charge on any atom is 0.288 e. The molecule has 192 valence electrons. The second-order valence-corrected chi connectivity index (χ2v) is 11.0. The zero-order chi connectivity index (χ0) is 23.1. The number of carbonyl (C=O) groups is 2. The normalized spacial score (nSPS) is 15.5. The number of piperidine rings is 2. The van der Waals surface area contributed by atoms with Crippen molar-refractivity contribution in [2.24, 2.45) is 0 Å². The van der Waals surface area contributed by atoms with Gasteiger partial charge in [-0.2, -0.15) is 9.13 Å². The molecule has 4 rings (SSSR count). The molecule has 2 aliphatic rings. The number of thiazole rings is 2. The van der Waals surface area contributed by atoms with Gasteiger partial charge in [0.1, 0.15) is 0 Å². The third-order valence-electron chi connectivity index (χ3n) is 6.62. The summed E-state index contributed by atoms with van der Waals surface area (Å²) in [5.41, 5.74) is 6.53. The van der Waals surface area contributed by atoms with Crippen molar-refractivity contribution in [3.63, 3.8) is 0 Å². The summed E-state index contributed by atoms with van der Waals surface area (Å²) < 4.78 is 4.13. The quantitative estimate of drug-likeness (QED) is 0.344. The Kier molecular flexibility index (Phi) is 14.0. The number of nitrogens with zero attached hydrogens (tertiary/aromatic N) is 4. The number of aryl methyl sites for hydroxylation is 2. The topological polar surface area (TPSA) is 48.4 Å². The van der Waals surface area contributed by atoms with Crippen molar-refractivity contribution in [3.05, 3.63) is 32.2 Å². The fourth-order valence-corrected chi connectivity index (χ4v) is 5.72. The molecule has 2 amide bonds. The van der Waals surface area contributed by atoms with Gasteiger partial charge in [0, 0.05) is 40.0 Å². The van der Waals surface area contributed by atoms with Crippen LogP contribution in [0.15, 0.2) is 11.0 Å². The van der Waals surface area contributed by atoms with Crippen LogP contribution in [-0.2, 0) is 22.7 Å². The smallest absolute Gasteiger partial charge is 0.288 e. The van der Waals surface area contributed by atoms with Gasteiger partial charge in [-0.05, 0) is 52.4 Å². The second-order valence-electron chi connectivity index (χ2n) is 8.87. The van der Waals surface area contributed by atoms with Crippen LogP contribution in [0.1, 0.15) is 59.7 Å². The van der Waals surface area contributed by atoms with Gasteiger partial charge >= 0.3 is 0 Å². The van der Waals surface area contributed by atoms with Crippen molar-refractivity contribution in [2.45, 2.75) is 79.3 Å². The molecule has 0 unspecified atom stereocenters. The molecule has 6 nitrogen and oxygen atoms in total. The van der Waals surface area contributed by atoms with Crippen LogP contribution in [0.4, 0.5) is 0 Å². The summed E-state index contributed by atoms with van der Waals surface area (Å²) in [5, 5.41) is 0. The van der Waals surface area contributed by atoms with Gasteiger partial charge in [-0.3, -0.25) is 9.59 Å². The molecule has 0 aliphatic carbocycles. The predicted molar refractivity (Wildman–Crippen MR) is 129 cm³/mol. The van der Waals surface area contributed by atoms with Crippen LogP contribution >= 0.6 is 22.7 Å². The van der Waals surface area contributed by atoms with Crippen molar-refractivity contribution in [2.75, 3.05) is 26.2 Å². The fraction of sp³-hybridized carbons (Fsp3) is 0.667. The van der Waals surface area contributed by atoms with Crippen LogP contribution in [0.5, 0.6) is 0 Å². The Bertz CT molecular complexity index is 846. The Labute approximate surface area is 233 Å². The largest absolute Gasteiger partial charge is 1.00 e. The summed E-state index contributed by atoms with van der Waals surface area (Å²) in [6.45, 7) is 13.2. The Morgan fingerprint density at radius 2 is 1.00 bits per heavy atom. The number of hydrogen-bond acceptors (Lipinski definition) is 4. The predicted octanol–water partition coefficient (Wildman–Crippen LogP) is -2.66. The first-order valence-electron chi connectivity index (χ1n) is 11.8. The number of likely N-dealkylation sites (tertiary alicyclic amines) is 2. The number of carbonyl (C=O) groups excluding carboxylic acids is 2. The summed E-state index contributed by atoms with van der Waals surface area (Å²) in [7, 11) is 0. The molecule has 2 aliphatic heterocycles. The molecule has 2 aromatic heterocycles. The summed E-state index contributed by atoms with van der Waals surface area (Å²) in [6.07, 6.45) is 7.20. The molecule has 34 heavy (non-hydrogen) atoms. The van der Waals surface area contributed by atoms with Crippen LogP contribution in [0.3, 0.4) is 0 Å². The molecule has 10 heteroatoms. The number of halogens is 2. The lowest BCUT2D eigenvalue weighted by molar-refractivity contribution is -0.686. The zero-order valence-corrected chi connectivity index (χ0v) is 25.6. The van der Waals surface area contributed by atoms with E-state index in [1.807, 2.05) is 20.8 Å². The molecular formula is C24H38Br2N4O2S2. The maximum atomic E-state index is 12.0. The van der Waals surface area contributed by atoms with Crippen molar-refractivity contribution < 1.29 is 52.7 Å². The van der Waals surface area contributed by atoms with E-state index in [0.717, 1.165) is 51.9 Å². The monoisotopic (exact) mass is 636 g/mol. The highest BCUT2D eigenvalue weighted by Gasteiger charge is 2.23. The Balaban J connectivity index is 0.000000321. The summed E-state index contributed by atoms with van der Waals surface area (Å²) >= 11 is 3.42. The van der Waals surface area contributed by atoms with E-state index in [0.29, 0.717) is 13.1 Å². The van der Waals surface area contributed by atoms with Crippen molar-refractivity contribution in [3.8, 4) is 0 Å². The number of amides is 2. The van der Waals surface area contributed by atoms with Gasteiger partial charge < -0.3 is 43.8 Å². The molecule has 2 fully saturated rings. The lowest BCUT2D eigenvalue weighted by Gasteiger charge is -2.25. The average molecular weight is 639 g/mol. The van der Waals surface area contributed by atoms with E-state index in [4.69, 9.17) is 0 Å². The van der Waals surface area contributed by atoms with Gasteiger partial charge in [-0.15, -0.1) is 0 Å². The highest BCUT2D eigenvalue weighted by molar-refractivity contribution is 7.09. The molecule has 0 atom stereocenters. The average Bonchev–Trinajstić information content (AvgIpc) is 3.31. The third kappa shape index (κ3) is 8.68. The number of rotatable bonds is 4. The van der Waals surface area contributed by atoms with Gasteiger partial charge in [0.2, 0.25) is 24.1 Å². The van der Waals surface area contributed by atoms with Gasteiger partial charge in [0.05, 0.1) is 9.75 Å². The zero-order valence-electron chi connectivity index (χ0n) is 20.8. The standard InChI is InChI=1S/2C12H19N2OS.2BrH/c2*1-10-11(2)16-9-14(10)8-12(15)13-6-4-3-5-7-13;;/h2*9H,3-8H2,1-2H3;2*1H/q2*+1;;/p-2. The van der Waals surface area contributed by atoms with E-state index in [1.165, 1.54) is 34.0 Å². The summed E-state index contributed by atoms with van der Waals surface area (Å²) in [4.78, 5) is 30.7. The van der Waals surface area contributed by atoms with Gasteiger partial charge in [0.25, 0.3) is 11.8 Å². The molecule has 0 spiro atoms. The molecule has 0 N–H and O–H groups in total. The van der Waals surface area contributed by atoms with Gasteiger partial charge in [-0.25, -0.2) is 0 Å². The second kappa shape index (κ2) is 15.3. The molecule has 0 aromatic carbocycles. The molecule has 2 saturated heterocycles. The molecule has 0 bridgehead atoms. The minimum Gasteiger partial charge on any atom is -1.00 e. The van der Waals surface area contributed by atoms with E-state index in [9.17, 15) is 9.59 Å². The highest BCUT2D eigenvalue weighted by Crippen LogP contribution is 2.12. The Morgan fingerprint density at radius 1 is 0.676 bits per heavy atom. The minimum atomic E-state index is 0. The van der Waals surface area contributed by atoms with Crippen molar-refractivity contribution in [1.29, 1.82) is 0 Å². The first kappa shape index (κ1) is 31.2. The molecular weight excluding hydrogens is 600 g/mol. The van der Waals surface area contributed by atoms with E-state index >= 15 is 0 Å². The Hall–Kier alpha value is -0.840. The van der Waals surface area contributed by atoms with E-state index < -0.39 is 0 Å². The minimum absolute atomic E-state index is 0. The fourth-order valence-electron chi connectivity index (χ4n) is 4.11. The third-order valence-corrected chi connectivity index (χ3v) is 8.64. The molecule has 4 heterocycles. The van der Waals surface area contributed by atoms with E-state index in [2.05, 4.69) is 36.8 Å². The lowest BCUT2D eigenvalue weighted by atomic mass is 10.1. The maximum absolute atomic E-state index is 12.0. The van der Waals surface area contributed by atoms with E-state index in [-0.39, 0.29) is 45.8 Å². The lowest BCUT2D eigenvalue weighted by Crippen LogP contribution is -3.00. The van der Waals surface area contributed by atoms with Gasteiger partial charge in [-0.1, -0.05) is 22.7 Å². The van der Waals surface area contributed by atoms with Gasteiger partial charge in [0.15, 0.2) is 11.4 Å². The highest BCUT2D eigenvalue weighted by atomic mass is 79.9. The summed E-state index contributed by atoms with van der Waals surface area (Å²) in [5.74, 6) is 0.538. The Morgan fingerprint density at radius 3 is 1.26 bits per heavy atom. The van der Waals surface area contributed by atoms with Crippen LogP contribution in [0.25, 0.3) is 0 Å². The van der Waals surface area contributed by atoms with Crippen LogP contribution in [0.2, 0.25) is 0 Å². The first-order chi connectivity index (χ1) is 15.4. The number of aromatic nitrogens is 2. The van der Waals surface area contributed by atoms with Crippen LogP contribution in [-0.4, -0.2) is 47.8 Å². The van der Waals surface area contributed by atoms with Crippen LogP contribution < -0.4 is 43.1 Å².